The summed E-state index contributed by atoms with van der Waals surface area (Å²) in [6.07, 6.45) is -0.606. The molecule has 0 bridgehead atoms. The number of aryl methyl sites for hydroxylation is 1. The predicted molar refractivity (Wildman–Crippen MR) is 61.7 cm³/mol. The lowest BCUT2D eigenvalue weighted by atomic mass is 9.74. The minimum absolute atomic E-state index is 0.0574. The fourth-order valence-electron chi connectivity index (χ4n) is 2.44. The van der Waals surface area contributed by atoms with Gasteiger partial charge in [-0.1, -0.05) is 0 Å². The molecular formula is C12H14F2O2S. The van der Waals surface area contributed by atoms with E-state index in [2.05, 4.69) is 0 Å². The third-order valence-corrected chi connectivity index (χ3v) is 4.20. The van der Waals surface area contributed by atoms with Crippen molar-refractivity contribution in [2.75, 3.05) is 0 Å². The van der Waals surface area contributed by atoms with Gasteiger partial charge in [-0.25, -0.2) is 8.78 Å². The summed E-state index contributed by atoms with van der Waals surface area (Å²) in [7, 11) is 0. The molecule has 1 heterocycles. The van der Waals surface area contributed by atoms with Crippen molar-refractivity contribution in [3.8, 4) is 0 Å². The highest BCUT2D eigenvalue weighted by Crippen LogP contribution is 2.46. The largest absolute Gasteiger partial charge is 0.481 e. The Morgan fingerprint density at radius 1 is 1.59 bits per heavy atom. The molecule has 5 heteroatoms. The van der Waals surface area contributed by atoms with Crippen LogP contribution in [-0.2, 0) is 4.79 Å². The second kappa shape index (κ2) is 4.37. The van der Waals surface area contributed by atoms with E-state index in [0.717, 1.165) is 10.4 Å². The highest BCUT2D eigenvalue weighted by Gasteiger charge is 2.44. The Balaban J connectivity index is 2.28. The predicted octanol–water partition coefficient (Wildman–Crippen LogP) is 3.66. The fraction of sp³-hybridized carbons (Fsp3) is 0.583. The summed E-state index contributed by atoms with van der Waals surface area (Å²) in [6, 6.07) is 1.83. The minimum atomic E-state index is -2.73. The van der Waals surface area contributed by atoms with Crippen LogP contribution >= 0.6 is 11.3 Å². The Labute approximate surface area is 102 Å². The second-order valence-electron chi connectivity index (χ2n) is 4.64. The van der Waals surface area contributed by atoms with Gasteiger partial charge in [-0.3, -0.25) is 4.79 Å². The molecule has 1 aromatic rings. The normalized spacial score (nSPS) is 27.9. The van der Waals surface area contributed by atoms with E-state index in [1.807, 2.05) is 13.0 Å². The van der Waals surface area contributed by atoms with Crippen LogP contribution in [0.3, 0.4) is 0 Å². The maximum atomic E-state index is 13.4. The maximum Gasteiger partial charge on any atom is 0.307 e. The number of aliphatic carboxylic acids is 1. The Morgan fingerprint density at radius 2 is 2.29 bits per heavy atom. The number of alkyl halides is 2. The maximum absolute atomic E-state index is 13.4. The van der Waals surface area contributed by atoms with Crippen LogP contribution < -0.4 is 0 Å². The number of halogens is 2. The van der Waals surface area contributed by atoms with Crippen molar-refractivity contribution < 1.29 is 18.7 Å². The Morgan fingerprint density at radius 3 is 2.82 bits per heavy atom. The molecule has 1 aliphatic rings. The number of carboxylic acids is 1. The van der Waals surface area contributed by atoms with Crippen molar-refractivity contribution in [3.05, 3.63) is 21.9 Å². The molecule has 94 valence electrons. The molecule has 0 aliphatic heterocycles. The van der Waals surface area contributed by atoms with E-state index in [1.165, 1.54) is 11.3 Å². The van der Waals surface area contributed by atoms with Gasteiger partial charge in [0.2, 0.25) is 5.92 Å². The summed E-state index contributed by atoms with van der Waals surface area (Å²) in [6.45, 7) is 1.89. The molecule has 2 atom stereocenters. The molecule has 0 radical (unpaired) electrons. The number of thiophene rings is 1. The number of carbonyl (C=O) groups is 1. The van der Waals surface area contributed by atoms with Crippen molar-refractivity contribution in [3.63, 3.8) is 0 Å². The summed E-state index contributed by atoms with van der Waals surface area (Å²) in [5.41, 5.74) is 0.749. The lowest BCUT2D eigenvalue weighted by Gasteiger charge is -2.33. The molecule has 2 rings (SSSR count). The summed E-state index contributed by atoms with van der Waals surface area (Å²) >= 11 is 1.47. The van der Waals surface area contributed by atoms with Crippen molar-refractivity contribution in [1.29, 1.82) is 0 Å². The molecular weight excluding hydrogens is 246 g/mol. The molecule has 0 amide bonds. The average Bonchev–Trinajstić information content (AvgIpc) is 2.62. The lowest BCUT2D eigenvalue weighted by Crippen LogP contribution is -2.34. The SMILES string of the molecule is Cc1cc([C@@H]2CC(F)(F)CC[C@H]2C(=O)O)cs1. The Kier molecular flexibility index (Phi) is 3.21. The van der Waals surface area contributed by atoms with Gasteiger partial charge in [-0.15, -0.1) is 11.3 Å². The zero-order chi connectivity index (χ0) is 12.6. The minimum Gasteiger partial charge on any atom is -0.481 e. The second-order valence-corrected chi connectivity index (χ2v) is 5.76. The highest BCUT2D eigenvalue weighted by atomic mass is 32.1. The van der Waals surface area contributed by atoms with E-state index in [-0.39, 0.29) is 19.3 Å². The molecule has 2 nitrogen and oxygen atoms in total. The summed E-state index contributed by atoms with van der Waals surface area (Å²) in [4.78, 5) is 12.1. The van der Waals surface area contributed by atoms with Gasteiger partial charge in [-0.2, -0.15) is 0 Å². The van der Waals surface area contributed by atoms with Gasteiger partial charge in [0.1, 0.15) is 0 Å². The van der Waals surface area contributed by atoms with E-state index < -0.39 is 23.7 Å². The van der Waals surface area contributed by atoms with Crippen LogP contribution in [0.4, 0.5) is 8.78 Å². The zero-order valence-electron chi connectivity index (χ0n) is 9.45. The average molecular weight is 260 g/mol. The van der Waals surface area contributed by atoms with Gasteiger partial charge >= 0.3 is 5.97 Å². The van der Waals surface area contributed by atoms with Crippen molar-refractivity contribution in [2.24, 2.45) is 5.92 Å². The number of hydrogen-bond donors (Lipinski definition) is 1. The van der Waals surface area contributed by atoms with Crippen molar-refractivity contribution >= 4 is 17.3 Å². The van der Waals surface area contributed by atoms with Gasteiger partial charge in [0.15, 0.2) is 0 Å². The first-order valence-corrected chi connectivity index (χ1v) is 6.43. The summed E-state index contributed by atoms with van der Waals surface area (Å²) in [5, 5.41) is 10.9. The van der Waals surface area contributed by atoms with Gasteiger partial charge in [0.05, 0.1) is 5.92 Å². The van der Waals surface area contributed by atoms with Crippen LogP contribution in [0.25, 0.3) is 0 Å². The zero-order valence-corrected chi connectivity index (χ0v) is 10.3. The van der Waals surface area contributed by atoms with Crippen molar-refractivity contribution in [2.45, 2.75) is 38.0 Å². The fourth-order valence-corrected chi connectivity index (χ4v) is 3.21. The first-order chi connectivity index (χ1) is 7.89. The molecule has 0 saturated heterocycles. The van der Waals surface area contributed by atoms with Crippen LogP contribution in [0, 0.1) is 12.8 Å². The van der Waals surface area contributed by atoms with Crippen LogP contribution in [0.1, 0.15) is 35.6 Å². The molecule has 1 N–H and O–H groups in total. The molecule has 1 saturated carbocycles. The first kappa shape index (κ1) is 12.5. The van der Waals surface area contributed by atoms with Crippen LogP contribution in [-0.4, -0.2) is 17.0 Å². The molecule has 17 heavy (non-hydrogen) atoms. The van der Waals surface area contributed by atoms with Crippen LogP contribution in [0.2, 0.25) is 0 Å². The van der Waals surface area contributed by atoms with Gasteiger partial charge in [0, 0.05) is 23.6 Å². The van der Waals surface area contributed by atoms with Crippen LogP contribution in [0.5, 0.6) is 0 Å². The van der Waals surface area contributed by atoms with Crippen LogP contribution in [0.15, 0.2) is 11.4 Å². The third kappa shape index (κ3) is 2.65. The van der Waals surface area contributed by atoms with E-state index in [4.69, 9.17) is 5.11 Å². The first-order valence-electron chi connectivity index (χ1n) is 5.55. The monoisotopic (exact) mass is 260 g/mol. The van der Waals surface area contributed by atoms with E-state index in [1.54, 1.807) is 5.38 Å². The number of carboxylic acid groups (broad SMARTS) is 1. The van der Waals surface area contributed by atoms with E-state index in [9.17, 15) is 13.6 Å². The molecule has 0 aromatic carbocycles. The van der Waals surface area contributed by atoms with Gasteiger partial charge in [0.25, 0.3) is 0 Å². The standard InChI is InChI=1S/C12H14F2O2S/c1-7-4-8(6-17-7)10-5-12(13,14)3-2-9(10)11(15)16/h4,6,9-10H,2-3,5H2,1H3,(H,15,16)/t9-,10+/m1/s1. The number of rotatable bonds is 2. The Bertz CT molecular complexity index is 428. The quantitative estimate of drug-likeness (QED) is 0.881. The molecule has 1 fully saturated rings. The summed E-state index contributed by atoms with van der Waals surface area (Å²) < 4.78 is 26.8. The highest BCUT2D eigenvalue weighted by molar-refractivity contribution is 7.10. The van der Waals surface area contributed by atoms with Gasteiger partial charge in [-0.05, 0) is 30.4 Å². The molecule has 0 spiro atoms. The van der Waals surface area contributed by atoms with E-state index >= 15 is 0 Å². The van der Waals surface area contributed by atoms with Crippen molar-refractivity contribution in [1.82, 2.24) is 0 Å². The smallest absolute Gasteiger partial charge is 0.307 e. The topological polar surface area (TPSA) is 37.3 Å². The number of hydrogen-bond acceptors (Lipinski definition) is 2. The lowest BCUT2D eigenvalue weighted by molar-refractivity contribution is -0.147. The third-order valence-electron chi connectivity index (χ3n) is 3.32. The Hall–Kier alpha value is -0.970. The van der Waals surface area contributed by atoms with Gasteiger partial charge < -0.3 is 5.11 Å². The molecule has 1 aromatic heterocycles. The van der Waals surface area contributed by atoms with E-state index in [0.29, 0.717) is 0 Å². The molecule has 0 unspecified atom stereocenters. The summed E-state index contributed by atoms with van der Waals surface area (Å²) in [5.74, 6) is -4.92. The molecule has 1 aliphatic carbocycles.